The maximum atomic E-state index is 13.7. The molecule has 21 heavy (non-hydrogen) atoms. The number of benzene rings is 1. The lowest BCUT2D eigenvalue weighted by atomic mass is 10.1. The van der Waals surface area contributed by atoms with Crippen LogP contribution in [-0.2, 0) is 4.79 Å². The highest BCUT2D eigenvalue weighted by Gasteiger charge is 2.24. The van der Waals surface area contributed by atoms with E-state index in [1.54, 1.807) is 11.8 Å². The molecular formula is C14H17F2N3O2. The number of carbonyl (C=O) groups is 2. The van der Waals surface area contributed by atoms with Crippen molar-refractivity contribution in [2.75, 3.05) is 18.8 Å². The second kappa shape index (κ2) is 6.07. The molecule has 1 aromatic rings. The summed E-state index contributed by atoms with van der Waals surface area (Å²) in [4.78, 5) is 25.1. The molecule has 0 radical (unpaired) electrons. The molecule has 2 rings (SSSR count). The van der Waals surface area contributed by atoms with Gasteiger partial charge in [0.1, 0.15) is 11.4 Å². The number of hydrogen-bond acceptors (Lipinski definition) is 3. The van der Waals surface area contributed by atoms with Gasteiger partial charge in [0, 0.05) is 25.6 Å². The number of halogens is 2. The molecule has 0 aliphatic carbocycles. The van der Waals surface area contributed by atoms with E-state index in [-0.39, 0.29) is 11.6 Å². The highest BCUT2D eigenvalue weighted by molar-refractivity contribution is 5.95. The van der Waals surface area contributed by atoms with Crippen LogP contribution < -0.4 is 11.1 Å². The van der Waals surface area contributed by atoms with Crippen molar-refractivity contribution in [1.82, 2.24) is 10.2 Å². The van der Waals surface area contributed by atoms with Crippen LogP contribution in [0.1, 0.15) is 30.1 Å². The normalized spacial score (nSPS) is 16.1. The van der Waals surface area contributed by atoms with Crippen LogP contribution in [0.3, 0.4) is 0 Å². The predicted molar refractivity (Wildman–Crippen MR) is 73.5 cm³/mol. The van der Waals surface area contributed by atoms with Gasteiger partial charge in [-0.05, 0) is 25.5 Å². The average molecular weight is 297 g/mol. The Morgan fingerprint density at radius 1 is 1.48 bits per heavy atom. The molecule has 1 aliphatic rings. The van der Waals surface area contributed by atoms with Crippen molar-refractivity contribution < 1.29 is 18.4 Å². The number of nitrogens with zero attached hydrogens (tertiary/aromatic N) is 1. The second-order valence-corrected chi connectivity index (χ2v) is 5.14. The van der Waals surface area contributed by atoms with E-state index < -0.39 is 29.1 Å². The standard InChI is InChI=1S/C14H17F2N3O2/c1-8(7-19-6-2-3-11(19)20)18-14(21)12-9(15)4-5-10(17)13(12)16/h4-5,8H,2-3,6-7,17H2,1H3,(H,18,21). The Labute approximate surface area is 121 Å². The zero-order valence-electron chi connectivity index (χ0n) is 11.7. The fraction of sp³-hybridized carbons (Fsp3) is 0.429. The molecule has 0 bridgehead atoms. The lowest BCUT2D eigenvalue weighted by Crippen LogP contribution is -2.42. The fourth-order valence-electron chi connectivity index (χ4n) is 2.35. The van der Waals surface area contributed by atoms with Crippen LogP contribution in [0.5, 0.6) is 0 Å². The van der Waals surface area contributed by atoms with E-state index >= 15 is 0 Å². The Balaban J connectivity index is 2.04. The largest absolute Gasteiger partial charge is 0.396 e. The third-order valence-corrected chi connectivity index (χ3v) is 3.39. The minimum absolute atomic E-state index is 0.0254. The fourth-order valence-corrected chi connectivity index (χ4v) is 2.35. The molecule has 7 heteroatoms. The summed E-state index contributed by atoms with van der Waals surface area (Å²) in [7, 11) is 0. The Morgan fingerprint density at radius 2 is 2.19 bits per heavy atom. The van der Waals surface area contributed by atoms with Gasteiger partial charge in [0.2, 0.25) is 5.91 Å². The summed E-state index contributed by atoms with van der Waals surface area (Å²) in [6, 6.07) is 1.59. The third kappa shape index (κ3) is 3.29. The van der Waals surface area contributed by atoms with Gasteiger partial charge in [-0.3, -0.25) is 9.59 Å². The van der Waals surface area contributed by atoms with Crippen molar-refractivity contribution in [3.63, 3.8) is 0 Å². The Morgan fingerprint density at radius 3 is 2.81 bits per heavy atom. The molecule has 114 valence electrons. The Bertz CT molecular complexity index is 578. The summed E-state index contributed by atoms with van der Waals surface area (Å²) < 4.78 is 27.3. The molecule has 2 amide bonds. The maximum Gasteiger partial charge on any atom is 0.257 e. The van der Waals surface area contributed by atoms with Crippen LogP contribution in [0.4, 0.5) is 14.5 Å². The smallest absolute Gasteiger partial charge is 0.257 e. The average Bonchev–Trinajstić information content (AvgIpc) is 2.80. The lowest BCUT2D eigenvalue weighted by molar-refractivity contribution is -0.127. The van der Waals surface area contributed by atoms with Gasteiger partial charge < -0.3 is 16.0 Å². The summed E-state index contributed by atoms with van der Waals surface area (Å²) >= 11 is 0. The van der Waals surface area contributed by atoms with Crippen molar-refractivity contribution in [1.29, 1.82) is 0 Å². The van der Waals surface area contributed by atoms with Crippen LogP contribution in [0, 0.1) is 11.6 Å². The monoisotopic (exact) mass is 297 g/mol. The third-order valence-electron chi connectivity index (χ3n) is 3.39. The van der Waals surface area contributed by atoms with E-state index in [1.807, 2.05) is 0 Å². The van der Waals surface area contributed by atoms with E-state index in [0.29, 0.717) is 19.5 Å². The molecule has 3 N–H and O–H groups in total. The summed E-state index contributed by atoms with van der Waals surface area (Å²) in [5, 5.41) is 2.48. The van der Waals surface area contributed by atoms with Gasteiger partial charge in [-0.2, -0.15) is 0 Å². The summed E-state index contributed by atoms with van der Waals surface area (Å²) in [5.74, 6) is -2.89. The van der Waals surface area contributed by atoms with Crippen LogP contribution in [0.2, 0.25) is 0 Å². The van der Waals surface area contributed by atoms with Crippen LogP contribution in [0.25, 0.3) is 0 Å². The van der Waals surface area contributed by atoms with Crippen LogP contribution >= 0.6 is 0 Å². The molecule has 0 aromatic heterocycles. The Kier molecular flexibility index (Phi) is 4.40. The van der Waals surface area contributed by atoms with Gasteiger partial charge in [-0.15, -0.1) is 0 Å². The molecule has 1 saturated heterocycles. The van der Waals surface area contributed by atoms with Crippen molar-refractivity contribution in [2.45, 2.75) is 25.8 Å². The second-order valence-electron chi connectivity index (χ2n) is 5.14. The maximum absolute atomic E-state index is 13.7. The van der Waals surface area contributed by atoms with E-state index in [4.69, 9.17) is 5.73 Å². The molecule has 1 aromatic carbocycles. The summed E-state index contributed by atoms with van der Waals surface area (Å²) in [5.41, 5.74) is 4.35. The molecule has 1 atom stereocenters. The number of amides is 2. The zero-order valence-corrected chi connectivity index (χ0v) is 11.7. The van der Waals surface area contributed by atoms with Crippen molar-refractivity contribution in [2.24, 2.45) is 0 Å². The van der Waals surface area contributed by atoms with Gasteiger partial charge >= 0.3 is 0 Å². The lowest BCUT2D eigenvalue weighted by Gasteiger charge is -2.22. The highest BCUT2D eigenvalue weighted by atomic mass is 19.1. The number of nitrogens with two attached hydrogens (primary N) is 1. The first-order chi connectivity index (χ1) is 9.90. The quantitative estimate of drug-likeness (QED) is 0.822. The van der Waals surface area contributed by atoms with E-state index in [0.717, 1.165) is 18.6 Å². The van der Waals surface area contributed by atoms with Gasteiger partial charge in [0.15, 0.2) is 5.82 Å². The zero-order chi connectivity index (χ0) is 15.6. The first-order valence-electron chi connectivity index (χ1n) is 6.72. The van der Waals surface area contributed by atoms with Crippen molar-refractivity contribution in [3.8, 4) is 0 Å². The Hall–Kier alpha value is -2.18. The van der Waals surface area contributed by atoms with Gasteiger partial charge in [0.25, 0.3) is 5.91 Å². The topological polar surface area (TPSA) is 75.4 Å². The number of anilines is 1. The number of carbonyl (C=O) groups excluding carboxylic acids is 2. The predicted octanol–water partition coefficient (Wildman–Crippen LogP) is 1.29. The minimum atomic E-state index is -1.07. The molecule has 0 spiro atoms. The van der Waals surface area contributed by atoms with Gasteiger partial charge in [-0.1, -0.05) is 0 Å². The summed E-state index contributed by atoms with van der Waals surface area (Å²) in [6.45, 7) is 2.63. The van der Waals surface area contributed by atoms with E-state index in [1.165, 1.54) is 0 Å². The van der Waals surface area contributed by atoms with E-state index in [9.17, 15) is 18.4 Å². The minimum Gasteiger partial charge on any atom is -0.396 e. The number of nitrogens with one attached hydrogen (secondary N) is 1. The van der Waals surface area contributed by atoms with Crippen molar-refractivity contribution in [3.05, 3.63) is 29.3 Å². The van der Waals surface area contributed by atoms with Gasteiger partial charge in [0.05, 0.1) is 5.69 Å². The van der Waals surface area contributed by atoms with Crippen molar-refractivity contribution >= 4 is 17.5 Å². The van der Waals surface area contributed by atoms with E-state index in [2.05, 4.69) is 5.32 Å². The molecule has 1 heterocycles. The number of rotatable bonds is 4. The SMILES string of the molecule is CC(CN1CCCC1=O)NC(=O)c1c(F)ccc(N)c1F. The van der Waals surface area contributed by atoms with Crippen LogP contribution in [-0.4, -0.2) is 35.8 Å². The first kappa shape index (κ1) is 15.2. The number of hydrogen-bond donors (Lipinski definition) is 2. The number of nitrogen functional groups attached to an aromatic ring is 1. The molecule has 5 nitrogen and oxygen atoms in total. The highest BCUT2D eigenvalue weighted by Crippen LogP contribution is 2.18. The molecule has 1 fully saturated rings. The molecule has 1 unspecified atom stereocenters. The summed E-state index contributed by atoms with van der Waals surface area (Å²) in [6.07, 6.45) is 1.29. The first-order valence-corrected chi connectivity index (χ1v) is 6.72. The molecule has 0 saturated carbocycles. The molecule has 1 aliphatic heterocycles. The van der Waals surface area contributed by atoms with Crippen LogP contribution in [0.15, 0.2) is 12.1 Å². The molecular weight excluding hydrogens is 280 g/mol. The van der Waals surface area contributed by atoms with Gasteiger partial charge in [-0.25, -0.2) is 8.78 Å². The number of likely N-dealkylation sites (tertiary alicyclic amines) is 1.